The third-order valence-electron chi connectivity index (χ3n) is 3.96. The van der Waals surface area contributed by atoms with Crippen molar-refractivity contribution in [3.05, 3.63) is 71.5 Å². The van der Waals surface area contributed by atoms with Crippen molar-refractivity contribution in [3.63, 3.8) is 0 Å². The van der Waals surface area contributed by atoms with Crippen LogP contribution in [0.5, 0.6) is 5.75 Å². The van der Waals surface area contributed by atoms with E-state index < -0.39 is 6.10 Å². The lowest BCUT2D eigenvalue weighted by Gasteiger charge is -2.12. The van der Waals surface area contributed by atoms with Gasteiger partial charge in [0.05, 0.1) is 47.8 Å². The van der Waals surface area contributed by atoms with Gasteiger partial charge in [-0.25, -0.2) is 9.67 Å². The highest BCUT2D eigenvalue weighted by Crippen LogP contribution is 2.28. The molecule has 4 rings (SSSR count). The number of aromatic nitrogens is 5. The first-order valence-electron chi connectivity index (χ1n) is 7.52. The summed E-state index contributed by atoms with van der Waals surface area (Å²) in [5.74, 6) is 0.752. The second-order valence-electron chi connectivity index (χ2n) is 5.44. The minimum absolute atomic E-state index is 0.388. The Hall–Kier alpha value is -2.90. The Morgan fingerprint density at radius 2 is 1.96 bits per heavy atom. The number of hydrogen-bond donors (Lipinski definition) is 1. The van der Waals surface area contributed by atoms with Crippen molar-refractivity contribution in [1.82, 2.24) is 24.4 Å². The van der Waals surface area contributed by atoms with E-state index in [4.69, 9.17) is 16.3 Å². The van der Waals surface area contributed by atoms with E-state index in [1.165, 1.54) is 0 Å². The number of nitrogens with zero attached hydrogens (tertiary/aromatic N) is 5. The number of hydrogen-bond acceptors (Lipinski definition) is 5. The number of ether oxygens (including phenoxy) is 1. The van der Waals surface area contributed by atoms with E-state index in [1.54, 1.807) is 41.0 Å². The lowest BCUT2D eigenvalue weighted by atomic mass is 10.1. The SMILES string of the molecule is COc1ccc(-n2cc(C(O)c3c(Cl)ccc4cncn34)nn2)cc1. The van der Waals surface area contributed by atoms with Crippen LogP contribution in [0.4, 0.5) is 0 Å². The van der Waals surface area contributed by atoms with E-state index in [-0.39, 0.29) is 0 Å². The van der Waals surface area contributed by atoms with Crippen molar-refractivity contribution >= 4 is 17.1 Å². The van der Waals surface area contributed by atoms with Crippen LogP contribution in [0, 0.1) is 0 Å². The van der Waals surface area contributed by atoms with Crippen LogP contribution in [0.3, 0.4) is 0 Å². The first kappa shape index (κ1) is 15.6. The molecule has 0 spiro atoms. The lowest BCUT2D eigenvalue weighted by Crippen LogP contribution is -2.07. The highest BCUT2D eigenvalue weighted by molar-refractivity contribution is 6.31. The summed E-state index contributed by atoms with van der Waals surface area (Å²) in [7, 11) is 1.61. The monoisotopic (exact) mass is 355 g/mol. The van der Waals surface area contributed by atoms with E-state index in [9.17, 15) is 5.11 Å². The van der Waals surface area contributed by atoms with Crippen molar-refractivity contribution < 1.29 is 9.84 Å². The number of methoxy groups -OCH3 is 1. The van der Waals surface area contributed by atoms with Crippen molar-refractivity contribution in [2.24, 2.45) is 0 Å². The Labute approximate surface area is 148 Å². The van der Waals surface area contributed by atoms with Gasteiger partial charge in [-0.1, -0.05) is 16.8 Å². The molecule has 0 fully saturated rings. The van der Waals surface area contributed by atoms with Crippen LogP contribution in [-0.2, 0) is 0 Å². The number of aliphatic hydroxyl groups excluding tert-OH is 1. The highest BCUT2D eigenvalue weighted by Gasteiger charge is 2.21. The predicted molar refractivity (Wildman–Crippen MR) is 92.2 cm³/mol. The first-order chi connectivity index (χ1) is 12.2. The normalized spacial score (nSPS) is 12.4. The zero-order valence-electron chi connectivity index (χ0n) is 13.2. The summed E-state index contributed by atoms with van der Waals surface area (Å²) in [5, 5.41) is 19.4. The molecular formula is C17H14ClN5O2. The van der Waals surface area contributed by atoms with Gasteiger partial charge in [0, 0.05) is 0 Å². The summed E-state index contributed by atoms with van der Waals surface area (Å²) < 4.78 is 8.46. The minimum atomic E-state index is -1.03. The van der Waals surface area contributed by atoms with Gasteiger partial charge >= 0.3 is 0 Å². The van der Waals surface area contributed by atoms with E-state index in [2.05, 4.69) is 15.3 Å². The summed E-state index contributed by atoms with van der Waals surface area (Å²) in [5.41, 5.74) is 2.53. The summed E-state index contributed by atoms with van der Waals surface area (Å²) in [6.45, 7) is 0. The smallest absolute Gasteiger partial charge is 0.141 e. The molecule has 3 heterocycles. The molecule has 126 valence electrons. The molecule has 0 saturated heterocycles. The van der Waals surface area contributed by atoms with Crippen LogP contribution in [0.25, 0.3) is 11.2 Å². The molecule has 4 aromatic rings. The second-order valence-corrected chi connectivity index (χ2v) is 5.85. The maximum Gasteiger partial charge on any atom is 0.141 e. The third-order valence-corrected chi connectivity index (χ3v) is 4.28. The molecule has 1 aromatic carbocycles. The largest absolute Gasteiger partial charge is 0.497 e. The molecule has 0 radical (unpaired) electrons. The van der Waals surface area contributed by atoms with Gasteiger partial charge in [0.25, 0.3) is 0 Å². The van der Waals surface area contributed by atoms with Crippen LogP contribution >= 0.6 is 11.6 Å². The van der Waals surface area contributed by atoms with Crippen molar-refractivity contribution in [3.8, 4) is 11.4 Å². The number of pyridine rings is 1. The molecule has 1 unspecified atom stereocenters. The van der Waals surface area contributed by atoms with Gasteiger partial charge in [-0.3, -0.25) is 4.40 Å². The van der Waals surface area contributed by atoms with Crippen molar-refractivity contribution in [1.29, 1.82) is 0 Å². The molecule has 1 N–H and O–H groups in total. The van der Waals surface area contributed by atoms with Gasteiger partial charge in [-0.15, -0.1) is 5.10 Å². The molecule has 0 amide bonds. The van der Waals surface area contributed by atoms with Crippen molar-refractivity contribution in [2.75, 3.05) is 7.11 Å². The lowest BCUT2D eigenvalue weighted by molar-refractivity contribution is 0.209. The molecule has 0 saturated carbocycles. The van der Waals surface area contributed by atoms with E-state index in [1.807, 2.05) is 30.3 Å². The van der Waals surface area contributed by atoms with E-state index in [0.717, 1.165) is 17.0 Å². The molecule has 7 nitrogen and oxygen atoms in total. The summed E-state index contributed by atoms with van der Waals surface area (Å²) >= 11 is 6.28. The quantitative estimate of drug-likeness (QED) is 0.609. The Morgan fingerprint density at radius 1 is 1.16 bits per heavy atom. The fraction of sp³-hybridized carbons (Fsp3) is 0.118. The molecule has 0 aliphatic carbocycles. The van der Waals surface area contributed by atoms with Gasteiger partial charge in [0.2, 0.25) is 0 Å². The van der Waals surface area contributed by atoms with Crippen LogP contribution in [0.1, 0.15) is 17.5 Å². The van der Waals surface area contributed by atoms with Gasteiger partial charge in [-0.05, 0) is 36.4 Å². The van der Waals surface area contributed by atoms with Gasteiger partial charge < -0.3 is 9.84 Å². The Kier molecular flexibility index (Phi) is 3.87. The predicted octanol–water partition coefficient (Wildman–Crippen LogP) is 2.66. The molecule has 0 aliphatic heterocycles. The van der Waals surface area contributed by atoms with Gasteiger partial charge in [0.15, 0.2) is 0 Å². The zero-order valence-corrected chi connectivity index (χ0v) is 14.0. The fourth-order valence-electron chi connectivity index (χ4n) is 2.65. The zero-order chi connectivity index (χ0) is 17.4. The topological polar surface area (TPSA) is 77.5 Å². The third kappa shape index (κ3) is 2.73. The first-order valence-corrected chi connectivity index (χ1v) is 7.90. The Balaban J connectivity index is 1.71. The Bertz CT molecular complexity index is 1030. The number of rotatable bonds is 4. The fourth-order valence-corrected chi connectivity index (χ4v) is 2.91. The number of aliphatic hydroxyl groups is 1. The van der Waals surface area contributed by atoms with E-state index in [0.29, 0.717) is 16.4 Å². The molecule has 0 bridgehead atoms. The van der Waals surface area contributed by atoms with Crippen LogP contribution in [-0.4, -0.2) is 36.6 Å². The van der Waals surface area contributed by atoms with Gasteiger partial charge in [0.1, 0.15) is 17.5 Å². The standard InChI is InChI=1S/C17H14ClN5O2/c1-25-13-5-2-11(3-6-13)23-9-15(20-21-23)17(24)16-14(18)7-4-12-8-19-10-22(12)16/h2-10,17,24H,1H3. The minimum Gasteiger partial charge on any atom is -0.497 e. The summed E-state index contributed by atoms with van der Waals surface area (Å²) in [6.07, 6.45) is 3.94. The van der Waals surface area contributed by atoms with Crippen LogP contribution in [0.15, 0.2) is 55.1 Å². The van der Waals surface area contributed by atoms with Crippen molar-refractivity contribution in [2.45, 2.75) is 6.10 Å². The average molecular weight is 356 g/mol. The molecule has 3 aromatic heterocycles. The molecule has 1 atom stereocenters. The molecule has 8 heteroatoms. The van der Waals surface area contributed by atoms with Crippen LogP contribution in [0.2, 0.25) is 5.02 Å². The highest BCUT2D eigenvalue weighted by atomic mass is 35.5. The summed E-state index contributed by atoms with van der Waals surface area (Å²) in [4.78, 5) is 4.09. The number of halogens is 1. The molecule has 25 heavy (non-hydrogen) atoms. The second kappa shape index (κ2) is 6.19. The maximum absolute atomic E-state index is 10.8. The molecular weight excluding hydrogens is 342 g/mol. The summed E-state index contributed by atoms with van der Waals surface area (Å²) in [6, 6.07) is 10.9. The number of fused-ring (bicyclic) bond motifs is 1. The van der Waals surface area contributed by atoms with E-state index >= 15 is 0 Å². The maximum atomic E-state index is 10.8. The average Bonchev–Trinajstić information content (AvgIpc) is 3.30. The number of imidazole rings is 1. The number of benzene rings is 1. The Morgan fingerprint density at radius 3 is 2.72 bits per heavy atom. The van der Waals surface area contributed by atoms with Crippen LogP contribution < -0.4 is 4.74 Å². The molecule has 0 aliphatic rings. The van der Waals surface area contributed by atoms with Gasteiger partial charge in [-0.2, -0.15) is 0 Å².